The van der Waals surface area contributed by atoms with Crippen LogP contribution in [0.25, 0.3) is 0 Å². The van der Waals surface area contributed by atoms with Gasteiger partial charge in [0.15, 0.2) is 0 Å². The zero-order valence-electron chi connectivity index (χ0n) is 12.0. The highest BCUT2D eigenvalue weighted by Gasteiger charge is 2.40. The van der Waals surface area contributed by atoms with E-state index in [1.54, 1.807) is 0 Å². The SMILES string of the molecule is CN(C)C1(C(O)CCCC(F)(F)F)CCCCCC1. The van der Waals surface area contributed by atoms with Crippen LogP contribution in [0.4, 0.5) is 13.2 Å². The Balaban J connectivity index is 2.59. The van der Waals surface area contributed by atoms with Gasteiger partial charge in [-0.1, -0.05) is 25.7 Å². The van der Waals surface area contributed by atoms with E-state index in [2.05, 4.69) is 0 Å². The summed E-state index contributed by atoms with van der Waals surface area (Å²) in [6, 6.07) is 0. The Morgan fingerprint density at radius 1 is 1.11 bits per heavy atom. The van der Waals surface area contributed by atoms with Crippen LogP contribution < -0.4 is 0 Å². The number of rotatable bonds is 5. The van der Waals surface area contributed by atoms with Crippen LogP contribution >= 0.6 is 0 Å². The minimum absolute atomic E-state index is 0.0141. The molecule has 1 atom stereocenters. The van der Waals surface area contributed by atoms with E-state index in [0.717, 1.165) is 38.5 Å². The monoisotopic (exact) mass is 281 g/mol. The van der Waals surface area contributed by atoms with Gasteiger partial charge in [-0.15, -0.1) is 0 Å². The average Bonchev–Trinajstić information content (AvgIpc) is 2.53. The van der Waals surface area contributed by atoms with Crippen molar-refractivity contribution in [1.82, 2.24) is 4.90 Å². The molecule has 0 aromatic rings. The Kier molecular flexibility index (Phi) is 6.12. The first kappa shape index (κ1) is 16.8. The van der Waals surface area contributed by atoms with Crippen LogP contribution in [0.1, 0.15) is 57.8 Å². The van der Waals surface area contributed by atoms with Gasteiger partial charge in [-0.2, -0.15) is 13.2 Å². The number of aliphatic hydroxyl groups is 1. The topological polar surface area (TPSA) is 23.5 Å². The molecule has 1 fully saturated rings. The maximum absolute atomic E-state index is 12.2. The number of likely N-dealkylation sites (N-methyl/N-ethyl adjacent to an activating group) is 1. The van der Waals surface area contributed by atoms with E-state index >= 15 is 0 Å². The zero-order valence-corrected chi connectivity index (χ0v) is 12.0. The Labute approximate surface area is 114 Å². The molecule has 5 heteroatoms. The molecule has 2 nitrogen and oxygen atoms in total. The van der Waals surface area contributed by atoms with Crippen LogP contribution in [-0.2, 0) is 0 Å². The molecule has 1 unspecified atom stereocenters. The summed E-state index contributed by atoms with van der Waals surface area (Å²) in [5.74, 6) is 0. The van der Waals surface area contributed by atoms with Gasteiger partial charge in [0.1, 0.15) is 0 Å². The largest absolute Gasteiger partial charge is 0.391 e. The maximum atomic E-state index is 12.2. The van der Waals surface area contributed by atoms with E-state index in [1.165, 1.54) is 0 Å². The minimum Gasteiger partial charge on any atom is -0.391 e. The van der Waals surface area contributed by atoms with E-state index in [4.69, 9.17) is 0 Å². The van der Waals surface area contributed by atoms with Crippen LogP contribution in [0.15, 0.2) is 0 Å². The predicted molar refractivity (Wildman–Crippen MR) is 70.0 cm³/mol. The van der Waals surface area contributed by atoms with Crippen molar-refractivity contribution in [2.45, 2.75) is 75.6 Å². The first-order valence-electron chi connectivity index (χ1n) is 7.20. The van der Waals surface area contributed by atoms with Crippen LogP contribution in [-0.4, -0.2) is 41.9 Å². The molecule has 0 aliphatic heterocycles. The van der Waals surface area contributed by atoms with Crippen molar-refractivity contribution in [3.05, 3.63) is 0 Å². The number of alkyl halides is 3. The molecule has 0 heterocycles. The van der Waals surface area contributed by atoms with Crippen molar-refractivity contribution < 1.29 is 18.3 Å². The van der Waals surface area contributed by atoms with E-state index in [1.807, 2.05) is 19.0 Å². The molecule has 1 aliphatic carbocycles. The molecule has 0 spiro atoms. The maximum Gasteiger partial charge on any atom is 0.389 e. The van der Waals surface area contributed by atoms with E-state index in [0.29, 0.717) is 0 Å². The van der Waals surface area contributed by atoms with Crippen molar-refractivity contribution in [2.24, 2.45) is 0 Å². The van der Waals surface area contributed by atoms with Gasteiger partial charge in [-0.05, 0) is 39.8 Å². The molecule has 114 valence electrons. The van der Waals surface area contributed by atoms with Gasteiger partial charge in [0.2, 0.25) is 0 Å². The normalized spacial score (nSPS) is 22.3. The summed E-state index contributed by atoms with van der Waals surface area (Å²) in [7, 11) is 3.86. The molecule has 0 radical (unpaired) electrons. The fourth-order valence-corrected chi connectivity index (χ4v) is 3.18. The summed E-state index contributed by atoms with van der Waals surface area (Å²) in [5.41, 5.74) is -0.331. The van der Waals surface area contributed by atoms with Crippen molar-refractivity contribution in [3.63, 3.8) is 0 Å². The van der Waals surface area contributed by atoms with Crippen molar-refractivity contribution in [1.29, 1.82) is 0 Å². The third kappa shape index (κ3) is 4.95. The fourth-order valence-electron chi connectivity index (χ4n) is 3.18. The molecule has 1 N–H and O–H groups in total. The molecule has 0 amide bonds. The summed E-state index contributed by atoms with van der Waals surface area (Å²) in [6.45, 7) is 0. The van der Waals surface area contributed by atoms with Crippen LogP contribution in [0.3, 0.4) is 0 Å². The first-order chi connectivity index (χ1) is 8.78. The quantitative estimate of drug-likeness (QED) is 0.776. The van der Waals surface area contributed by atoms with Gasteiger partial charge in [0.05, 0.1) is 6.10 Å². The van der Waals surface area contributed by atoms with Crippen molar-refractivity contribution in [2.75, 3.05) is 14.1 Å². The summed E-state index contributed by atoms with van der Waals surface area (Å²) >= 11 is 0. The standard InChI is InChI=1S/C14H26F3NO/c1-18(2)13(9-5-3-4-6-10-13)12(19)8-7-11-14(15,16)17/h12,19H,3-11H2,1-2H3. The Bertz CT molecular complexity index is 258. The lowest BCUT2D eigenvalue weighted by Gasteiger charge is -2.43. The minimum atomic E-state index is -4.12. The lowest BCUT2D eigenvalue weighted by Crippen LogP contribution is -2.53. The van der Waals surface area contributed by atoms with Gasteiger partial charge in [0, 0.05) is 12.0 Å². The molecule has 1 aliphatic rings. The first-order valence-corrected chi connectivity index (χ1v) is 7.20. The summed E-state index contributed by atoms with van der Waals surface area (Å²) in [4.78, 5) is 2.02. The van der Waals surface area contributed by atoms with Crippen molar-refractivity contribution in [3.8, 4) is 0 Å². The molecular formula is C14H26F3NO. The molecule has 19 heavy (non-hydrogen) atoms. The second-order valence-corrected chi connectivity index (χ2v) is 5.94. The summed E-state index contributed by atoms with van der Waals surface area (Å²) in [6.07, 6.45) is 0.849. The van der Waals surface area contributed by atoms with Gasteiger partial charge in [0.25, 0.3) is 0 Å². The van der Waals surface area contributed by atoms with Gasteiger partial charge in [-0.3, -0.25) is 0 Å². The number of hydrogen-bond donors (Lipinski definition) is 1. The third-order valence-corrected chi connectivity index (χ3v) is 4.42. The molecule has 0 aromatic heterocycles. The number of nitrogens with zero attached hydrogens (tertiary/aromatic N) is 1. The predicted octanol–water partition coefficient (Wildman–Crippen LogP) is 3.73. The highest BCUT2D eigenvalue weighted by molar-refractivity contribution is 4.95. The molecule has 1 rings (SSSR count). The lowest BCUT2D eigenvalue weighted by atomic mass is 9.81. The summed E-state index contributed by atoms with van der Waals surface area (Å²) < 4.78 is 36.5. The molecular weight excluding hydrogens is 255 g/mol. The van der Waals surface area contributed by atoms with Crippen LogP contribution in [0.5, 0.6) is 0 Å². The molecule has 0 saturated heterocycles. The number of halogens is 3. The summed E-state index contributed by atoms with van der Waals surface area (Å²) in [5, 5.41) is 10.4. The van der Waals surface area contributed by atoms with E-state index < -0.39 is 18.7 Å². The third-order valence-electron chi connectivity index (χ3n) is 4.42. The molecule has 1 saturated carbocycles. The average molecular weight is 281 g/mol. The smallest absolute Gasteiger partial charge is 0.389 e. The van der Waals surface area contributed by atoms with Crippen LogP contribution in [0.2, 0.25) is 0 Å². The Morgan fingerprint density at radius 3 is 2.05 bits per heavy atom. The number of hydrogen-bond acceptors (Lipinski definition) is 2. The second-order valence-electron chi connectivity index (χ2n) is 5.94. The van der Waals surface area contributed by atoms with Gasteiger partial charge in [-0.25, -0.2) is 0 Å². The Morgan fingerprint density at radius 2 is 1.63 bits per heavy atom. The van der Waals surface area contributed by atoms with Gasteiger partial charge < -0.3 is 10.0 Å². The zero-order chi connectivity index (χ0) is 14.5. The lowest BCUT2D eigenvalue weighted by molar-refractivity contribution is -0.137. The van der Waals surface area contributed by atoms with Crippen LogP contribution in [0, 0.1) is 0 Å². The highest BCUT2D eigenvalue weighted by atomic mass is 19.4. The van der Waals surface area contributed by atoms with E-state index in [9.17, 15) is 18.3 Å². The second kappa shape index (κ2) is 6.93. The molecule has 0 bridgehead atoms. The highest BCUT2D eigenvalue weighted by Crippen LogP contribution is 2.36. The van der Waals surface area contributed by atoms with Crippen molar-refractivity contribution >= 4 is 0 Å². The molecule has 0 aromatic carbocycles. The number of aliphatic hydroxyl groups excluding tert-OH is 1. The van der Waals surface area contributed by atoms with E-state index in [-0.39, 0.29) is 18.4 Å². The van der Waals surface area contributed by atoms with Gasteiger partial charge >= 0.3 is 6.18 Å². The fraction of sp³-hybridized carbons (Fsp3) is 1.00. The Hall–Kier alpha value is -0.290.